The molecule has 0 aliphatic heterocycles. The Hall–Kier alpha value is -1.44. The molecular weight excluding hydrogens is 181 g/mol. The van der Waals surface area contributed by atoms with E-state index in [1.54, 1.807) is 6.92 Å². The number of rotatable bonds is 1. The van der Waals surface area contributed by atoms with Gasteiger partial charge in [0.1, 0.15) is 0 Å². The lowest BCUT2D eigenvalue weighted by molar-refractivity contribution is -0.141. The third kappa shape index (κ3) is 1.83. The molecular formula is C8H7F3N2. The predicted octanol–water partition coefficient (Wildman–Crippen LogP) is 1.90. The second kappa shape index (κ2) is 3.13. The van der Waals surface area contributed by atoms with E-state index in [0.29, 0.717) is 6.54 Å². The van der Waals surface area contributed by atoms with Crippen LogP contribution in [0.4, 0.5) is 13.2 Å². The minimum Gasteiger partial charge on any atom is -0.271 e. The van der Waals surface area contributed by atoms with Gasteiger partial charge in [-0.15, -0.1) is 6.42 Å². The summed E-state index contributed by atoms with van der Waals surface area (Å²) in [5.74, 6) is 1.95. The van der Waals surface area contributed by atoms with Gasteiger partial charge in [0.05, 0.1) is 5.56 Å². The highest BCUT2D eigenvalue weighted by Gasteiger charge is 2.36. The van der Waals surface area contributed by atoms with Crippen LogP contribution < -0.4 is 0 Å². The van der Waals surface area contributed by atoms with Crippen LogP contribution in [0.3, 0.4) is 0 Å². The van der Waals surface area contributed by atoms with Crippen molar-refractivity contribution in [2.75, 3.05) is 0 Å². The maximum Gasteiger partial charge on any atom is 0.436 e. The second-order valence-electron chi connectivity index (χ2n) is 2.39. The molecule has 1 heterocycles. The van der Waals surface area contributed by atoms with E-state index in [9.17, 15) is 13.2 Å². The van der Waals surface area contributed by atoms with Crippen molar-refractivity contribution in [3.8, 4) is 12.3 Å². The molecule has 0 aromatic carbocycles. The van der Waals surface area contributed by atoms with Gasteiger partial charge in [0.25, 0.3) is 0 Å². The number of hydrogen-bond acceptors (Lipinski definition) is 1. The van der Waals surface area contributed by atoms with Gasteiger partial charge in [-0.2, -0.15) is 18.3 Å². The van der Waals surface area contributed by atoms with Crippen molar-refractivity contribution >= 4 is 0 Å². The SMILES string of the molecule is C#Cc1cn(CC)nc1C(F)(F)F. The first-order valence-electron chi connectivity index (χ1n) is 3.60. The minimum absolute atomic E-state index is 0.214. The molecule has 0 saturated heterocycles. The molecule has 0 aliphatic rings. The summed E-state index contributed by atoms with van der Waals surface area (Å²) < 4.78 is 37.8. The Labute approximate surface area is 73.4 Å². The molecule has 70 valence electrons. The number of alkyl halides is 3. The average Bonchev–Trinajstić information content (AvgIpc) is 2.46. The average molecular weight is 188 g/mol. The van der Waals surface area contributed by atoms with E-state index in [1.165, 1.54) is 6.20 Å². The zero-order chi connectivity index (χ0) is 10.1. The molecule has 5 heteroatoms. The minimum atomic E-state index is -4.47. The maximum absolute atomic E-state index is 12.2. The molecule has 1 aromatic heterocycles. The van der Waals surface area contributed by atoms with Crippen LogP contribution in [0.5, 0.6) is 0 Å². The molecule has 0 fully saturated rings. The van der Waals surface area contributed by atoms with Crippen molar-refractivity contribution in [2.24, 2.45) is 0 Å². The first-order chi connectivity index (χ1) is 5.99. The van der Waals surface area contributed by atoms with Gasteiger partial charge in [0.2, 0.25) is 0 Å². The van der Waals surface area contributed by atoms with Crippen LogP contribution in [0.15, 0.2) is 6.20 Å². The van der Waals surface area contributed by atoms with E-state index < -0.39 is 11.9 Å². The Morgan fingerprint density at radius 2 is 2.23 bits per heavy atom. The summed E-state index contributed by atoms with van der Waals surface area (Å²) in [5, 5.41) is 3.32. The molecule has 0 saturated carbocycles. The molecule has 0 atom stereocenters. The fourth-order valence-electron chi connectivity index (χ4n) is 0.898. The standard InChI is InChI=1S/C8H7F3N2/c1-3-6-5-13(4-2)12-7(6)8(9,10)11/h1,5H,4H2,2H3. The van der Waals surface area contributed by atoms with Crippen molar-refractivity contribution in [1.29, 1.82) is 0 Å². The van der Waals surface area contributed by atoms with Gasteiger partial charge in [0.15, 0.2) is 5.69 Å². The summed E-state index contributed by atoms with van der Waals surface area (Å²) in [6.45, 7) is 2.05. The largest absolute Gasteiger partial charge is 0.436 e. The van der Waals surface area contributed by atoms with E-state index in [1.807, 2.05) is 5.92 Å². The number of halogens is 3. The fraction of sp³-hybridized carbons (Fsp3) is 0.375. The van der Waals surface area contributed by atoms with E-state index >= 15 is 0 Å². The number of nitrogens with zero attached hydrogens (tertiary/aromatic N) is 2. The van der Waals surface area contributed by atoms with E-state index in [2.05, 4.69) is 5.10 Å². The van der Waals surface area contributed by atoms with Gasteiger partial charge in [-0.05, 0) is 6.92 Å². The van der Waals surface area contributed by atoms with Crippen molar-refractivity contribution < 1.29 is 13.2 Å². The molecule has 13 heavy (non-hydrogen) atoms. The zero-order valence-corrected chi connectivity index (χ0v) is 6.89. The van der Waals surface area contributed by atoms with E-state index in [0.717, 1.165) is 4.68 Å². The van der Waals surface area contributed by atoms with Crippen LogP contribution in [0.2, 0.25) is 0 Å². The summed E-state index contributed by atoms with van der Waals surface area (Å²) in [6, 6.07) is 0. The van der Waals surface area contributed by atoms with Crippen LogP contribution >= 0.6 is 0 Å². The van der Waals surface area contributed by atoms with Crippen molar-refractivity contribution in [3.63, 3.8) is 0 Å². The Morgan fingerprint density at radius 1 is 1.62 bits per heavy atom. The number of aryl methyl sites for hydroxylation is 1. The van der Waals surface area contributed by atoms with Gasteiger partial charge >= 0.3 is 6.18 Å². The summed E-state index contributed by atoms with van der Waals surface area (Å²) in [4.78, 5) is 0. The van der Waals surface area contributed by atoms with Gasteiger partial charge in [0, 0.05) is 12.7 Å². The van der Waals surface area contributed by atoms with Crippen molar-refractivity contribution in [3.05, 3.63) is 17.5 Å². The lowest BCUT2D eigenvalue weighted by Crippen LogP contribution is -2.08. The lowest BCUT2D eigenvalue weighted by Gasteiger charge is -2.01. The number of aromatic nitrogens is 2. The highest BCUT2D eigenvalue weighted by atomic mass is 19.4. The highest BCUT2D eigenvalue weighted by molar-refractivity contribution is 5.35. The normalized spacial score (nSPS) is 11.3. The molecule has 0 radical (unpaired) electrons. The Kier molecular flexibility index (Phi) is 2.32. The van der Waals surface area contributed by atoms with Crippen LogP contribution in [0.25, 0.3) is 0 Å². The molecule has 1 rings (SSSR count). The summed E-state index contributed by atoms with van der Waals surface area (Å²) in [6.07, 6.45) is 1.65. The van der Waals surface area contributed by atoms with Gasteiger partial charge in [-0.3, -0.25) is 4.68 Å². The number of terminal acetylenes is 1. The summed E-state index contributed by atoms with van der Waals surface area (Å²) >= 11 is 0. The van der Waals surface area contributed by atoms with Crippen LogP contribution in [-0.4, -0.2) is 9.78 Å². The molecule has 0 amide bonds. The first-order valence-corrected chi connectivity index (χ1v) is 3.60. The van der Waals surface area contributed by atoms with E-state index in [-0.39, 0.29) is 5.56 Å². The monoisotopic (exact) mass is 188 g/mol. The number of hydrogen-bond donors (Lipinski definition) is 0. The van der Waals surface area contributed by atoms with Crippen LogP contribution in [0.1, 0.15) is 18.2 Å². The van der Waals surface area contributed by atoms with Crippen molar-refractivity contribution in [2.45, 2.75) is 19.6 Å². The highest BCUT2D eigenvalue weighted by Crippen LogP contribution is 2.30. The zero-order valence-electron chi connectivity index (χ0n) is 6.89. The molecule has 0 spiro atoms. The first kappa shape index (κ1) is 9.65. The predicted molar refractivity (Wildman–Crippen MR) is 40.8 cm³/mol. The Morgan fingerprint density at radius 3 is 2.54 bits per heavy atom. The van der Waals surface area contributed by atoms with Crippen LogP contribution in [0, 0.1) is 12.3 Å². The Bertz CT molecular complexity index is 343. The van der Waals surface area contributed by atoms with Gasteiger partial charge in [-0.1, -0.05) is 5.92 Å². The van der Waals surface area contributed by atoms with Crippen LogP contribution in [-0.2, 0) is 12.7 Å². The molecule has 0 bridgehead atoms. The molecule has 2 nitrogen and oxygen atoms in total. The maximum atomic E-state index is 12.2. The molecule has 0 aliphatic carbocycles. The quantitative estimate of drug-likeness (QED) is 0.615. The third-order valence-corrected chi connectivity index (χ3v) is 1.51. The van der Waals surface area contributed by atoms with Gasteiger partial charge in [-0.25, -0.2) is 0 Å². The third-order valence-electron chi connectivity index (χ3n) is 1.51. The fourth-order valence-corrected chi connectivity index (χ4v) is 0.898. The van der Waals surface area contributed by atoms with Gasteiger partial charge < -0.3 is 0 Å². The Balaban J connectivity index is 3.21. The summed E-state index contributed by atoms with van der Waals surface area (Å²) in [7, 11) is 0. The van der Waals surface area contributed by atoms with Crippen molar-refractivity contribution in [1.82, 2.24) is 9.78 Å². The topological polar surface area (TPSA) is 17.8 Å². The molecule has 0 N–H and O–H groups in total. The van der Waals surface area contributed by atoms with E-state index in [4.69, 9.17) is 6.42 Å². The molecule has 0 unspecified atom stereocenters. The second-order valence-corrected chi connectivity index (χ2v) is 2.39. The smallest absolute Gasteiger partial charge is 0.271 e. The molecule has 1 aromatic rings. The summed E-state index contributed by atoms with van der Waals surface area (Å²) in [5.41, 5.74) is -1.20. The lowest BCUT2D eigenvalue weighted by atomic mass is 10.2.